The lowest BCUT2D eigenvalue weighted by Crippen LogP contribution is -2.39. The molecule has 2 aromatic rings. The molecule has 3 rings (SSSR count). The minimum atomic E-state index is 0.0114. The van der Waals surface area contributed by atoms with Gasteiger partial charge in [0.05, 0.1) is 5.56 Å². The fourth-order valence-electron chi connectivity index (χ4n) is 3.66. The van der Waals surface area contributed by atoms with Crippen molar-refractivity contribution in [1.82, 2.24) is 10.3 Å². The van der Waals surface area contributed by atoms with E-state index in [2.05, 4.69) is 24.1 Å². The Labute approximate surface area is 125 Å². The van der Waals surface area contributed by atoms with Gasteiger partial charge >= 0.3 is 0 Å². The minimum absolute atomic E-state index is 0.0114. The topological polar surface area (TPSA) is 70.9 Å². The van der Waals surface area contributed by atoms with E-state index in [1.807, 2.05) is 18.2 Å². The molecule has 1 aromatic heterocycles. The van der Waals surface area contributed by atoms with Crippen molar-refractivity contribution >= 4 is 22.5 Å². The summed E-state index contributed by atoms with van der Waals surface area (Å²) in [5, 5.41) is 4.13. The lowest BCUT2D eigenvalue weighted by molar-refractivity contribution is 0.0913. The number of amides is 1. The van der Waals surface area contributed by atoms with Crippen LogP contribution in [0.2, 0.25) is 0 Å². The van der Waals surface area contributed by atoms with E-state index in [1.54, 1.807) is 6.20 Å². The Bertz CT molecular complexity index is 651. The molecule has 1 aromatic carbocycles. The van der Waals surface area contributed by atoms with Crippen LogP contribution in [0.25, 0.3) is 10.9 Å². The molecule has 112 valence electrons. The standard InChI is InChI=1S/C17H23N3O/c1-10-5-11(2)7-13(6-10)20-17(21)15-9-19-16-8-12(18)3-4-14(15)16/h3-4,8-11,13,19H,5-7,18H2,1-2H3,(H,20,21). The molecule has 2 atom stereocenters. The number of benzene rings is 1. The SMILES string of the molecule is CC1CC(C)CC(NC(=O)c2c[nH]c3cc(N)ccc23)C1. The molecule has 0 saturated heterocycles. The summed E-state index contributed by atoms with van der Waals surface area (Å²) in [6.45, 7) is 4.53. The van der Waals surface area contributed by atoms with Gasteiger partial charge in [0.15, 0.2) is 0 Å². The van der Waals surface area contributed by atoms with E-state index in [4.69, 9.17) is 5.73 Å². The molecule has 4 nitrogen and oxygen atoms in total. The molecule has 4 N–H and O–H groups in total. The summed E-state index contributed by atoms with van der Waals surface area (Å²) in [5.74, 6) is 1.38. The van der Waals surface area contributed by atoms with E-state index in [9.17, 15) is 4.79 Å². The van der Waals surface area contributed by atoms with Crippen molar-refractivity contribution in [2.24, 2.45) is 11.8 Å². The molecule has 2 unspecified atom stereocenters. The smallest absolute Gasteiger partial charge is 0.253 e. The molecule has 0 aliphatic heterocycles. The summed E-state index contributed by atoms with van der Waals surface area (Å²) in [6.07, 6.45) is 5.19. The Morgan fingerprint density at radius 3 is 2.67 bits per heavy atom. The number of nitrogens with two attached hydrogens (primary N) is 1. The summed E-state index contributed by atoms with van der Waals surface area (Å²) >= 11 is 0. The molecule has 21 heavy (non-hydrogen) atoms. The van der Waals surface area contributed by atoms with Crippen molar-refractivity contribution < 1.29 is 4.79 Å². The van der Waals surface area contributed by atoms with Crippen molar-refractivity contribution in [1.29, 1.82) is 0 Å². The van der Waals surface area contributed by atoms with Gasteiger partial charge in [-0.1, -0.05) is 13.8 Å². The summed E-state index contributed by atoms with van der Waals surface area (Å²) in [4.78, 5) is 15.6. The Morgan fingerprint density at radius 2 is 1.95 bits per heavy atom. The fourth-order valence-corrected chi connectivity index (χ4v) is 3.66. The van der Waals surface area contributed by atoms with Gasteiger partial charge in [0, 0.05) is 28.8 Å². The highest BCUT2D eigenvalue weighted by molar-refractivity contribution is 6.07. The van der Waals surface area contributed by atoms with Crippen LogP contribution in [0.5, 0.6) is 0 Å². The van der Waals surface area contributed by atoms with E-state index in [1.165, 1.54) is 6.42 Å². The number of aromatic nitrogens is 1. The van der Waals surface area contributed by atoms with Crippen LogP contribution in [-0.4, -0.2) is 16.9 Å². The van der Waals surface area contributed by atoms with Gasteiger partial charge in [0.1, 0.15) is 0 Å². The average Bonchev–Trinajstić information content (AvgIpc) is 2.80. The quantitative estimate of drug-likeness (QED) is 0.741. The van der Waals surface area contributed by atoms with Crippen LogP contribution >= 0.6 is 0 Å². The van der Waals surface area contributed by atoms with Gasteiger partial charge in [-0.2, -0.15) is 0 Å². The molecule has 0 radical (unpaired) electrons. The van der Waals surface area contributed by atoms with Crippen LogP contribution in [-0.2, 0) is 0 Å². The van der Waals surface area contributed by atoms with Crippen LogP contribution in [0.3, 0.4) is 0 Å². The highest BCUT2D eigenvalue weighted by Gasteiger charge is 2.25. The number of hydrogen-bond donors (Lipinski definition) is 3. The number of H-pyrrole nitrogens is 1. The van der Waals surface area contributed by atoms with E-state index >= 15 is 0 Å². The van der Waals surface area contributed by atoms with Crippen molar-refractivity contribution in [2.75, 3.05) is 5.73 Å². The highest BCUT2D eigenvalue weighted by Crippen LogP contribution is 2.29. The first kappa shape index (κ1) is 14.0. The largest absolute Gasteiger partial charge is 0.399 e. The van der Waals surface area contributed by atoms with Crippen LogP contribution in [0.4, 0.5) is 5.69 Å². The minimum Gasteiger partial charge on any atom is -0.399 e. The number of nitrogen functional groups attached to an aromatic ring is 1. The molecule has 1 aliphatic rings. The molecular weight excluding hydrogens is 262 g/mol. The fraction of sp³-hybridized carbons (Fsp3) is 0.471. The monoisotopic (exact) mass is 285 g/mol. The number of carbonyl (C=O) groups excluding carboxylic acids is 1. The van der Waals surface area contributed by atoms with Gasteiger partial charge in [-0.3, -0.25) is 4.79 Å². The Morgan fingerprint density at radius 1 is 1.24 bits per heavy atom. The van der Waals surface area contributed by atoms with Gasteiger partial charge < -0.3 is 16.0 Å². The lowest BCUT2D eigenvalue weighted by atomic mass is 9.80. The second kappa shape index (κ2) is 5.43. The molecule has 0 bridgehead atoms. The van der Waals surface area contributed by atoms with Crippen LogP contribution in [0, 0.1) is 11.8 Å². The van der Waals surface area contributed by atoms with Gasteiger partial charge in [0.25, 0.3) is 5.91 Å². The number of fused-ring (bicyclic) bond motifs is 1. The lowest BCUT2D eigenvalue weighted by Gasteiger charge is -2.31. The summed E-state index contributed by atoms with van der Waals surface area (Å²) < 4.78 is 0. The molecule has 4 heteroatoms. The van der Waals surface area contributed by atoms with E-state index in [0.717, 1.165) is 23.7 Å². The Hall–Kier alpha value is -1.97. The third-order valence-electron chi connectivity index (χ3n) is 4.46. The van der Waals surface area contributed by atoms with Crippen LogP contribution in [0.1, 0.15) is 43.5 Å². The number of hydrogen-bond acceptors (Lipinski definition) is 2. The third-order valence-corrected chi connectivity index (χ3v) is 4.46. The predicted octanol–water partition coefficient (Wildman–Crippen LogP) is 3.30. The molecule has 0 spiro atoms. The Balaban J connectivity index is 1.78. The first-order chi connectivity index (χ1) is 10.0. The third kappa shape index (κ3) is 2.89. The Kier molecular flexibility index (Phi) is 3.62. The summed E-state index contributed by atoms with van der Waals surface area (Å²) in [6, 6.07) is 5.88. The highest BCUT2D eigenvalue weighted by atomic mass is 16.1. The van der Waals surface area contributed by atoms with Crippen LogP contribution < -0.4 is 11.1 Å². The van der Waals surface area contributed by atoms with Gasteiger partial charge in [-0.05, 0) is 49.3 Å². The molecule has 1 saturated carbocycles. The predicted molar refractivity (Wildman–Crippen MR) is 86.1 cm³/mol. The van der Waals surface area contributed by atoms with Gasteiger partial charge in [0.2, 0.25) is 0 Å². The second-order valence-electron chi connectivity index (χ2n) is 6.60. The first-order valence-electron chi connectivity index (χ1n) is 7.70. The van der Waals surface area contributed by atoms with Gasteiger partial charge in [-0.15, -0.1) is 0 Å². The van der Waals surface area contributed by atoms with E-state index in [-0.39, 0.29) is 11.9 Å². The number of nitrogens with one attached hydrogen (secondary N) is 2. The number of aromatic amines is 1. The molecule has 1 amide bonds. The normalized spacial score (nSPS) is 25.9. The molecule has 1 aliphatic carbocycles. The number of anilines is 1. The van der Waals surface area contributed by atoms with Crippen LogP contribution in [0.15, 0.2) is 24.4 Å². The first-order valence-corrected chi connectivity index (χ1v) is 7.70. The zero-order valence-electron chi connectivity index (χ0n) is 12.6. The van der Waals surface area contributed by atoms with Crippen molar-refractivity contribution in [2.45, 2.75) is 39.2 Å². The van der Waals surface area contributed by atoms with Crippen molar-refractivity contribution in [3.8, 4) is 0 Å². The molecular formula is C17H23N3O. The summed E-state index contributed by atoms with van der Waals surface area (Å²) in [5.41, 5.74) is 8.08. The zero-order valence-corrected chi connectivity index (χ0v) is 12.6. The van der Waals surface area contributed by atoms with E-state index in [0.29, 0.717) is 23.1 Å². The maximum absolute atomic E-state index is 12.5. The maximum atomic E-state index is 12.5. The molecule has 1 fully saturated rings. The maximum Gasteiger partial charge on any atom is 0.253 e. The zero-order chi connectivity index (χ0) is 15.0. The average molecular weight is 285 g/mol. The second-order valence-corrected chi connectivity index (χ2v) is 6.60. The number of rotatable bonds is 2. The van der Waals surface area contributed by atoms with Crippen molar-refractivity contribution in [3.63, 3.8) is 0 Å². The van der Waals surface area contributed by atoms with E-state index < -0.39 is 0 Å². The van der Waals surface area contributed by atoms with Crippen molar-refractivity contribution in [3.05, 3.63) is 30.0 Å². The molecule has 1 heterocycles. The van der Waals surface area contributed by atoms with Gasteiger partial charge in [-0.25, -0.2) is 0 Å². The summed E-state index contributed by atoms with van der Waals surface area (Å²) in [7, 11) is 0. The number of carbonyl (C=O) groups is 1.